The Morgan fingerprint density at radius 1 is 0.656 bits per heavy atom. The summed E-state index contributed by atoms with van der Waals surface area (Å²) in [5.41, 5.74) is 3.26. The van der Waals surface area contributed by atoms with Gasteiger partial charge in [-0.3, -0.25) is 0 Å². The summed E-state index contributed by atoms with van der Waals surface area (Å²) in [6.45, 7) is 0. The molecular formula is C27H22N4O. The molecule has 0 saturated carbocycles. The van der Waals surface area contributed by atoms with Crippen molar-refractivity contribution in [1.29, 1.82) is 0 Å². The molecule has 0 bridgehead atoms. The van der Waals surface area contributed by atoms with Gasteiger partial charge in [0.25, 0.3) is 0 Å². The highest BCUT2D eigenvalue weighted by Gasteiger charge is 2.41. The molecule has 0 spiro atoms. The molecular weight excluding hydrogens is 396 g/mol. The lowest BCUT2D eigenvalue weighted by Gasteiger charge is -2.34. The molecule has 5 nitrogen and oxygen atoms in total. The minimum absolute atomic E-state index is 0.224. The SMILES string of the molecule is Oc1cccc(Cc2nnn(C(c3ccccc3)(c3ccccc3)c3ccccc3)n2)c1. The zero-order valence-corrected chi connectivity index (χ0v) is 17.4. The first-order valence-electron chi connectivity index (χ1n) is 10.5. The van der Waals surface area contributed by atoms with Crippen molar-refractivity contribution in [2.75, 3.05) is 0 Å². The van der Waals surface area contributed by atoms with Crippen molar-refractivity contribution in [1.82, 2.24) is 20.2 Å². The lowest BCUT2D eigenvalue weighted by atomic mass is 9.77. The van der Waals surface area contributed by atoms with Crippen LogP contribution >= 0.6 is 0 Å². The fourth-order valence-electron chi connectivity index (χ4n) is 4.19. The molecule has 0 aliphatic heterocycles. The van der Waals surface area contributed by atoms with Crippen LogP contribution in [0, 0.1) is 0 Å². The highest BCUT2D eigenvalue weighted by molar-refractivity contribution is 5.49. The summed E-state index contributed by atoms with van der Waals surface area (Å²) < 4.78 is 0. The molecule has 0 unspecified atom stereocenters. The van der Waals surface area contributed by atoms with Crippen LogP contribution in [0.15, 0.2) is 115 Å². The zero-order chi connectivity index (χ0) is 21.8. The van der Waals surface area contributed by atoms with E-state index in [1.807, 2.05) is 66.7 Å². The molecule has 0 atom stereocenters. The molecule has 0 saturated heterocycles. The third-order valence-corrected chi connectivity index (χ3v) is 5.60. The molecule has 0 radical (unpaired) electrons. The molecule has 5 aromatic rings. The van der Waals surface area contributed by atoms with Crippen molar-refractivity contribution in [3.63, 3.8) is 0 Å². The Kier molecular flexibility index (Phi) is 5.22. The van der Waals surface area contributed by atoms with Gasteiger partial charge in [-0.05, 0) is 39.6 Å². The third kappa shape index (κ3) is 3.54. The molecule has 32 heavy (non-hydrogen) atoms. The van der Waals surface area contributed by atoms with Crippen LogP contribution in [0.3, 0.4) is 0 Å². The number of tetrazole rings is 1. The predicted molar refractivity (Wildman–Crippen MR) is 123 cm³/mol. The van der Waals surface area contributed by atoms with Crippen molar-refractivity contribution in [3.8, 4) is 5.75 Å². The van der Waals surface area contributed by atoms with Crippen molar-refractivity contribution < 1.29 is 5.11 Å². The average molecular weight is 419 g/mol. The molecule has 1 heterocycles. The van der Waals surface area contributed by atoms with Gasteiger partial charge in [0, 0.05) is 6.42 Å². The average Bonchev–Trinajstić information content (AvgIpc) is 3.30. The maximum atomic E-state index is 9.81. The number of nitrogens with zero attached hydrogens (tertiary/aromatic N) is 4. The van der Waals surface area contributed by atoms with E-state index in [1.54, 1.807) is 16.9 Å². The Hall–Kier alpha value is -4.25. The number of aromatic nitrogens is 4. The predicted octanol–water partition coefficient (Wildman–Crippen LogP) is 4.81. The summed E-state index contributed by atoms with van der Waals surface area (Å²) in [7, 11) is 0. The fourth-order valence-corrected chi connectivity index (χ4v) is 4.19. The summed E-state index contributed by atoms with van der Waals surface area (Å²) in [5.74, 6) is 0.810. The fraction of sp³-hybridized carbons (Fsp3) is 0.0741. The largest absolute Gasteiger partial charge is 0.508 e. The summed E-state index contributed by atoms with van der Waals surface area (Å²) in [5, 5.41) is 23.6. The minimum atomic E-state index is -0.784. The van der Waals surface area contributed by atoms with Gasteiger partial charge in [-0.25, -0.2) is 0 Å². The number of hydrogen-bond donors (Lipinski definition) is 1. The Labute approximate surface area is 186 Å². The molecule has 0 aliphatic rings. The molecule has 156 valence electrons. The zero-order valence-electron chi connectivity index (χ0n) is 17.4. The number of aromatic hydroxyl groups is 1. The van der Waals surface area contributed by atoms with E-state index in [9.17, 15) is 5.11 Å². The van der Waals surface area contributed by atoms with Crippen LogP contribution in [-0.4, -0.2) is 25.3 Å². The highest BCUT2D eigenvalue weighted by atomic mass is 16.3. The molecule has 1 N–H and O–H groups in total. The van der Waals surface area contributed by atoms with Gasteiger partial charge in [0.05, 0.1) is 0 Å². The van der Waals surface area contributed by atoms with Crippen LogP contribution in [0.4, 0.5) is 0 Å². The Balaban J connectivity index is 1.71. The Morgan fingerprint density at radius 2 is 1.19 bits per heavy atom. The van der Waals surface area contributed by atoms with E-state index < -0.39 is 5.54 Å². The van der Waals surface area contributed by atoms with Crippen LogP contribution in [0.2, 0.25) is 0 Å². The number of hydrogen-bond acceptors (Lipinski definition) is 4. The smallest absolute Gasteiger partial charge is 0.179 e. The second kappa shape index (κ2) is 8.47. The number of phenols is 1. The first-order chi connectivity index (χ1) is 15.8. The second-order valence-corrected chi connectivity index (χ2v) is 7.65. The van der Waals surface area contributed by atoms with E-state index in [0.717, 1.165) is 22.3 Å². The van der Waals surface area contributed by atoms with Crippen LogP contribution in [-0.2, 0) is 12.0 Å². The van der Waals surface area contributed by atoms with Crippen molar-refractivity contribution in [3.05, 3.63) is 143 Å². The topological polar surface area (TPSA) is 63.8 Å². The van der Waals surface area contributed by atoms with Gasteiger partial charge in [-0.1, -0.05) is 103 Å². The van der Waals surface area contributed by atoms with Crippen LogP contribution in [0.5, 0.6) is 5.75 Å². The van der Waals surface area contributed by atoms with Crippen molar-refractivity contribution >= 4 is 0 Å². The maximum Gasteiger partial charge on any atom is 0.179 e. The van der Waals surface area contributed by atoms with E-state index in [-0.39, 0.29) is 5.75 Å². The highest BCUT2D eigenvalue weighted by Crippen LogP contribution is 2.39. The van der Waals surface area contributed by atoms with E-state index >= 15 is 0 Å². The van der Waals surface area contributed by atoms with Gasteiger partial charge >= 0.3 is 0 Å². The second-order valence-electron chi connectivity index (χ2n) is 7.65. The third-order valence-electron chi connectivity index (χ3n) is 5.60. The van der Waals surface area contributed by atoms with E-state index in [1.165, 1.54) is 0 Å². The standard InChI is InChI=1S/C27H22N4O/c32-25-18-10-11-21(19-25)20-26-28-30-31(29-26)27(22-12-4-1-5-13-22,23-14-6-2-7-15-23)24-16-8-3-9-17-24/h1-19,32H,20H2. The molecule has 4 aromatic carbocycles. The minimum Gasteiger partial charge on any atom is -0.508 e. The Bertz CT molecular complexity index is 1200. The first-order valence-corrected chi connectivity index (χ1v) is 10.5. The van der Waals surface area contributed by atoms with Gasteiger partial charge in [0.2, 0.25) is 0 Å². The van der Waals surface area contributed by atoms with Crippen LogP contribution in [0.1, 0.15) is 28.1 Å². The van der Waals surface area contributed by atoms with Gasteiger partial charge in [-0.15, -0.1) is 15.0 Å². The van der Waals surface area contributed by atoms with E-state index in [4.69, 9.17) is 5.10 Å². The number of phenolic OH excluding ortho intramolecular Hbond substituents is 1. The van der Waals surface area contributed by atoms with Crippen molar-refractivity contribution in [2.45, 2.75) is 12.0 Å². The van der Waals surface area contributed by atoms with E-state index in [2.05, 4.69) is 46.7 Å². The van der Waals surface area contributed by atoms with Crippen molar-refractivity contribution in [2.24, 2.45) is 0 Å². The number of rotatable bonds is 6. The normalized spacial score (nSPS) is 11.4. The summed E-state index contributed by atoms with van der Waals surface area (Å²) in [6.07, 6.45) is 0.475. The number of benzene rings is 4. The van der Waals surface area contributed by atoms with Crippen LogP contribution in [0.25, 0.3) is 0 Å². The molecule has 0 fully saturated rings. The molecule has 0 aliphatic carbocycles. The van der Waals surface area contributed by atoms with Gasteiger partial charge in [0.15, 0.2) is 11.4 Å². The molecule has 5 heteroatoms. The quantitative estimate of drug-likeness (QED) is 0.402. The summed E-state index contributed by atoms with van der Waals surface area (Å²) in [4.78, 5) is 1.71. The Morgan fingerprint density at radius 3 is 1.69 bits per heavy atom. The van der Waals surface area contributed by atoms with Gasteiger partial charge in [0.1, 0.15) is 5.75 Å². The molecule has 0 amide bonds. The van der Waals surface area contributed by atoms with Crippen LogP contribution < -0.4 is 0 Å². The lowest BCUT2D eigenvalue weighted by molar-refractivity contribution is 0.394. The molecule has 1 aromatic heterocycles. The lowest BCUT2D eigenvalue weighted by Crippen LogP contribution is -2.39. The van der Waals surface area contributed by atoms with Gasteiger partial charge < -0.3 is 5.11 Å². The van der Waals surface area contributed by atoms with Gasteiger partial charge in [-0.2, -0.15) is 0 Å². The van der Waals surface area contributed by atoms with E-state index in [0.29, 0.717) is 12.2 Å². The monoisotopic (exact) mass is 418 g/mol. The first kappa shape index (κ1) is 19.7. The maximum absolute atomic E-state index is 9.81. The summed E-state index contributed by atoms with van der Waals surface area (Å²) >= 11 is 0. The summed E-state index contributed by atoms with van der Waals surface area (Å²) in [6, 6.07) is 37.9. The molecule has 5 rings (SSSR count).